The van der Waals surface area contributed by atoms with E-state index in [1.807, 2.05) is 0 Å². The SMILES string of the molecule is CCCCCCCCCCCCCCC(CCO)C(=O)NCC(C)O. The highest BCUT2D eigenvalue weighted by Gasteiger charge is 2.17. The van der Waals surface area contributed by atoms with Gasteiger partial charge in [-0.25, -0.2) is 0 Å². The van der Waals surface area contributed by atoms with Crippen LogP contribution in [0.5, 0.6) is 0 Å². The average molecular weight is 358 g/mol. The molecule has 0 saturated carbocycles. The normalized spacial score (nSPS) is 13.6. The fourth-order valence-corrected chi connectivity index (χ4v) is 3.19. The molecule has 0 bridgehead atoms. The molecule has 0 aromatic heterocycles. The highest BCUT2D eigenvalue weighted by Crippen LogP contribution is 2.16. The Morgan fingerprint density at radius 2 is 1.32 bits per heavy atom. The van der Waals surface area contributed by atoms with E-state index in [2.05, 4.69) is 12.2 Å². The van der Waals surface area contributed by atoms with Gasteiger partial charge >= 0.3 is 0 Å². The maximum absolute atomic E-state index is 12.0. The van der Waals surface area contributed by atoms with Gasteiger partial charge in [-0.3, -0.25) is 4.79 Å². The standard InChI is InChI=1S/C21H43NO3/c1-3-4-5-6-7-8-9-10-11-12-13-14-15-20(16-17-23)21(25)22-18-19(2)24/h19-20,23-24H,3-18H2,1-2H3,(H,22,25). The maximum Gasteiger partial charge on any atom is 0.223 e. The summed E-state index contributed by atoms with van der Waals surface area (Å²) in [7, 11) is 0. The van der Waals surface area contributed by atoms with E-state index in [1.165, 1.54) is 70.6 Å². The van der Waals surface area contributed by atoms with Crippen LogP contribution in [0.1, 0.15) is 104 Å². The summed E-state index contributed by atoms with van der Waals surface area (Å²) in [5.41, 5.74) is 0. The Morgan fingerprint density at radius 3 is 1.76 bits per heavy atom. The van der Waals surface area contributed by atoms with Gasteiger partial charge in [0.05, 0.1) is 6.10 Å². The summed E-state index contributed by atoms with van der Waals surface area (Å²) in [6.07, 6.45) is 16.6. The Labute approximate surface area is 155 Å². The Kier molecular flexibility index (Phi) is 17.7. The van der Waals surface area contributed by atoms with Crippen molar-refractivity contribution in [2.75, 3.05) is 13.2 Å². The van der Waals surface area contributed by atoms with E-state index in [1.54, 1.807) is 6.92 Å². The molecule has 3 N–H and O–H groups in total. The van der Waals surface area contributed by atoms with E-state index in [9.17, 15) is 9.90 Å². The lowest BCUT2D eigenvalue weighted by molar-refractivity contribution is -0.126. The van der Waals surface area contributed by atoms with Crippen LogP contribution in [0.15, 0.2) is 0 Å². The third kappa shape index (κ3) is 16.6. The Morgan fingerprint density at radius 1 is 0.840 bits per heavy atom. The topological polar surface area (TPSA) is 69.6 Å². The van der Waals surface area contributed by atoms with E-state index in [0.29, 0.717) is 13.0 Å². The zero-order valence-electron chi connectivity index (χ0n) is 16.8. The first kappa shape index (κ1) is 24.4. The van der Waals surface area contributed by atoms with Crippen molar-refractivity contribution in [3.05, 3.63) is 0 Å². The van der Waals surface area contributed by atoms with E-state index >= 15 is 0 Å². The zero-order valence-corrected chi connectivity index (χ0v) is 16.8. The first-order chi connectivity index (χ1) is 12.1. The average Bonchev–Trinajstić information content (AvgIpc) is 2.59. The molecule has 0 aliphatic heterocycles. The second-order valence-electron chi connectivity index (χ2n) is 7.48. The first-order valence-corrected chi connectivity index (χ1v) is 10.7. The number of aliphatic hydroxyl groups excluding tert-OH is 2. The minimum Gasteiger partial charge on any atom is -0.396 e. The van der Waals surface area contributed by atoms with Crippen molar-refractivity contribution in [3.8, 4) is 0 Å². The second kappa shape index (κ2) is 18.2. The van der Waals surface area contributed by atoms with Gasteiger partial charge in [0.2, 0.25) is 5.91 Å². The summed E-state index contributed by atoms with van der Waals surface area (Å²) in [5, 5.41) is 21.1. The van der Waals surface area contributed by atoms with Crippen molar-refractivity contribution in [2.45, 2.75) is 110 Å². The summed E-state index contributed by atoms with van der Waals surface area (Å²) in [6.45, 7) is 4.25. The van der Waals surface area contributed by atoms with Crippen LogP contribution < -0.4 is 5.32 Å². The van der Waals surface area contributed by atoms with Crippen LogP contribution in [0, 0.1) is 5.92 Å². The lowest BCUT2D eigenvalue weighted by Crippen LogP contribution is -2.35. The minimum atomic E-state index is -0.523. The molecule has 0 aromatic carbocycles. The molecule has 2 unspecified atom stereocenters. The van der Waals surface area contributed by atoms with Gasteiger partial charge in [-0.2, -0.15) is 0 Å². The Bertz CT molecular complexity index is 295. The second-order valence-corrected chi connectivity index (χ2v) is 7.48. The summed E-state index contributed by atoms with van der Waals surface area (Å²) >= 11 is 0. The number of aliphatic hydroxyl groups is 2. The molecule has 0 spiro atoms. The predicted octanol–water partition coefficient (Wildman–Crippen LogP) is 4.57. The van der Waals surface area contributed by atoms with Crippen molar-refractivity contribution < 1.29 is 15.0 Å². The van der Waals surface area contributed by atoms with Gasteiger partial charge in [0.15, 0.2) is 0 Å². The fourth-order valence-electron chi connectivity index (χ4n) is 3.19. The number of carbonyl (C=O) groups is 1. The first-order valence-electron chi connectivity index (χ1n) is 10.7. The van der Waals surface area contributed by atoms with Crippen LogP contribution in [0.3, 0.4) is 0 Å². The number of unbranched alkanes of at least 4 members (excludes halogenated alkanes) is 11. The van der Waals surface area contributed by atoms with Crippen molar-refractivity contribution in [2.24, 2.45) is 5.92 Å². The molecule has 0 fully saturated rings. The molecule has 1 amide bonds. The van der Waals surface area contributed by atoms with Crippen LogP contribution in [0.2, 0.25) is 0 Å². The van der Waals surface area contributed by atoms with Crippen LogP contribution in [0.4, 0.5) is 0 Å². The lowest BCUT2D eigenvalue weighted by Gasteiger charge is -2.16. The van der Waals surface area contributed by atoms with E-state index in [-0.39, 0.29) is 18.4 Å². The molecule has 0 radical (unpaired) electrons. The van der Waals surface area contributed by atoms with Gasteiger partial charge < -0.3 is 15.5 Å². The molecule has 150 valence electrons. The van der Waals surface area contributed by atoms with Gasteiger partial charge in [0.1, 0.15) is 0 Å². The van der Waals surface area contributed by atoms with Gasteiger partial charge in [-0.15, -0.1) is 0 Å². The van der Waals surface area contributed by atoms with Gasteiger partial charge in [0, 0.05) is 19.1 Å². The summed E-state index contributed by atoms with van der Waals surface area (Å²) in [5.74, 6) is -0.148. The molecular formula is C21H43NO3. The Balaban J connectivity index is 3.54. The number of hydrogen-bond donors (Lipinski definition) is 3. The van der Waals surface area contributed by atoms with Gasteiger partial charge in [0.25, 0.3) is 0 Å². The smallest absolute Gasteiger partial charge is 0.223 e. The third-order valence-electron chi connectivity index (χ3n) is 4.83. The molecule has 4 heteroatoms. The highest BCUT2D eigenvalue weighted by atomic mass is 16.3. The van der Waals surface area contributed by atoms with Crippen LogP contribution >= 0.6 is 0 Å². The van der Waals surface area contributed by atoms with Crippen LogP contribution in [-0.2, 0) is 4.79 Å². The monoisotopic (exact) mass is 357 g/mol. The van der Waals surface area contributed by atoms with Crippen molar-refractivity contribution in [1.82, 2.24) is 5.32 Å². The van der Waals surface area contributed by atoms with Crippen LogP contribution in [-0.4, -0.2) is 35.4 Å². The third-order valence-corrected chi connectivity index (χ3v) is 4.83. The molecule has 0 aromatic rings. The number of hydrogen-bond acceptors (Lipinski definition) is 3. The largest absolute Gasteiger partial charge is 0.396 e. The zero-order chi connectivity index (χ0) is 18.8. The number of rotatable bonds is 18. The molecule has 0 aliphatic rings. The van der Waals surface area contributed by atoms with Crippen LogP contribution in [0.25, 0.3) is 0 Å². The Hall–Kier alpha value is -0.610. The molecule has 25 heavy (non-hydrogen) atoms. The maximum atomic E-state index is 12.0. The lowest BCUT2D eigenvalue weighted by atomic mass is 9.96. The number of carbonyl (C=O) groups excluding carboxylic acids is 1. The van der Waals surface area contributed by atoms with Crippen molar-refractivity contribution >= 4 is 5.91 Å². The highest BCUT2D eigenvalue weighted by molar-refractivity contribution is 5.78. The number of amides is 1. The summed E-state index contributed by atoms with van der Waals surface area (Å²) < 4.78 is 0. The predicted molar refractivity (Wildman–Crippen MR) is 106 cm³/mol. The summed E-state index contributed by atoms with van der Waals surface area (Å²) in [4.78, 5) is 12.0. The molecule has 0 aliphatic carbocycles. The molecule has 0 rings (SSSR count). The molecule has 2 atom stereocenters. The van der Waals surface area contributed by atoms with E-state index in [0.717, 1.165) is 12.8 Å². The fraction of sp³-hybridized carbons (Fsp3) is 0.952. The van der Waals surface area contributed by atoms with Crippen molar-refractivity contribution in [1.29, 1.82) is 0 Å². The molecule has 0 saturated heterocycles. The van der Waals surface area contributed by atoms with Gasteiger partial charge in [-0.05, 0) is 19.8 Å². The van der Waals surface area contributed by atoms with E-state index in [4.69, 9.17) is 5.11 Å². The number of nitrogens with one attached hydrogen (secondary N) is 1. The quantitative estimate of drug-likeness (QED) is 0.315. The molecule has 4 nitrogen and oxygen atoms in total. The van der Waals surface area contributed by atoms with Crippen molar-refractivity contribution in [3.63, 3.8) is 0 Å². The minimum absolute atomic E-state index is 0.0296. The molecule has 0 heterocycles. The van der Waals surface area contributed by atoms with E-state index < -0.39 is 6.10 Å². The molecular weight excluding hydrogens is 314 g/mol. The summed E-state index contributed by atoms with van der Waals surface area (Å²) in [6, 6.07) is 0. The van der Waals surface area contributed by atoms with Gasteiger partial charge in [-0.1, -0.05) is 84.0 Å².